The molecular formula is C16H26O5. The number of aliphatic hydroxyl groups excluding tert-OH is 3. The van der Waals surface area contributed by atoms with Crippen LogP contribution in [0, 0.1) is 0 Å². The molecule has 0 spiro atoms. The Hall–Kier alpha value is -0.910. The molecular weight excluding hydrogens is 272 g/mol. The second kappa shape index (κ2) is 7.38. The Morgan fingerprint density at radius 3 is 2.71 bits per heavy atom. The van der Waals surface area contributed by atoms with Gasteiger partial charge in [-0.25, -0.2) is 0 Å². The second-order valence-corrected chi connectivity index (χ2v) is 6.08. The number of hydrogen-bond acceptors (Lipinski definition) is 5. The Morgan fingerprint density at radius 1 is 1.24 bits per heavy atom. The van der Waals surface area contributed by atoms with Crippen LogP contribution >= 0.6 is 0 Å². The fourth-order valence-electron chi connectivity index (χ4n) is 3.09. The van der Waals surface area contributed by atoms with Crippen molar-refractivity contribution in [2.24, 2.45) is 0 Å². The Balaban J connectivity index is 1.94. The fraction of sp³-hybridized carbons (Fsp3) is 0.812. The first-order chi connectivity index (χ1) is 10.0. The summed E-state index contributed by atoms with van der Waals surface area (Å²) >= 11 is 0. The SMILES string of the molecule is CCCCCC[C@H](O)[C@@H]1C[C@@H](O)C2=C(CC[C@H](O)C2=O)O1. The lowest BCUT2D eigenvalue weighted by Crippen LogP contribution is -2.43. The lowest BCUT2D eigenvalue weighted by Gasteiger charge is -2.36. The van der Waals surface area contributed by atoms with Gasteiger partial charge in [-0.05, 0) is 12.8 Å². The molecule has 2 rings (SSSR count). The number of aliphatic hydroxyl groups is 3. The number of Topliss-reactive ketones (excluding diaryl/α,β-unsaturated/α-hetero) is 1. The molecule has 1 heterocycles. The summed E-state index contributed by atoms with van der Waals surface area (Å²) in [7, 11) is 0. The van der Waals surface area contributed by atoms with E-state index < -0.39 is 30.2 Å². The van der Waals surface area contributed by atoms with Gasteiger partial charge in [-0.15, -0.1) is 0 Å². The van der Waals surface area contributed by atoms with E-state index in [-0.39, 0.29) is 12.0 Å². The van der Waals surface area contributed by atoms with Crippen molar-refractivity contribution in [2.45, 2.75) is 82.7 Å². The summed E-state index contributed by atoms with van der Waals surface area (Å²) in [4.78, 5) is 11.9. The van der Waals surface area contributed by atoms with Crippen LogP contribution in [-0.4, -0.2) is 45.5 Å². The highest BCUT2D eigenvalue weighted by molar-refractivity contribution is 6.00. The molecule has 21 heavy (non-hydrogen) atoms. The lowest BCUT2D eigenvalue weighted by molar-refractivity contribution is -0.129. The standard InChI is InChI=1S/C16H26O5/c1-2-3-4-5-6-10(17)14-9-12(19)15-13(21-14)8-7-11(18)16(15)20/h10-12,14,17-19H,2-9H2,1H3/t10-,11-,12+,14-/m0/s1. The Labute approximate surface area is 125 Å². The van der Waals surface area contributed by atoms with Crippen molar-refractivity contribution in [1.82, 2.24) is 0 Å². The Bertz CT molecular complexity index is 403. The van der Waals surface area contributed by atoms with E-state index in [9.17, 15) is 20.1 Å². The number of ketones is 1. The van der Waals surface area contributed by atoms with Crippen molar-refractivity contribution in [2.75, 3.05) is 0 Å². The zero-order chi connectivity index (χ0) is 15.4. The monoisotopic (exact) mass is 298 g/mol. The van der Waals surface area contributed by atoms with Crippen LogP contribution in [0.1, 0.15) is 58.3 Å². The van der Waals surface area contributed by atoms with Crippen molar-refractivity contribution in [3.63, 3.8) is 0 Å². The molecule has 0 aromatic rings. The average molecular weight is 298 g/mol. The molecule has 0 aromatic carbocycles. The summed E-state index contributed by atoms with van der Waals surface area (Å²) in [6.07, 6.45) is 2.92. The number of allylic oxidation sites excluding steroid dienone is 1. The van der Waals surface area contributed by atoms with Crippen LogP contribution in [0.4, 0.5) is 0 Å². The minimum absolute atomic E-state index is 0.211. The molecule has 0 aromatic heterocycles. The average Bonchev–Trinajstić information content (AvgIpc) is 2.47. The maximum Gasteiger partial charge on any atom is 0.193 e. The third-order valence-electron chi connectivity index (χ3n) is 4.38. The molecule has 0 fully saturated rings. The first-order valence-electron chi connectivity index (χ1n) is 8.02. The van der Waals surface area contributed by atoms with Crippen LogP contribution in [-0.2, 0) is 9.53 Å². The maximum absolute atomic E-state index is 11.9. The first-order valence-corrected chi connectivity index (χ1v) is 8.02. The van der Waals surface area contributed by atoms with Crippen LogP contribution in [0.25, 0.3) is 0 Å². The summed E-state index contributed by atoms with van der Waals surface area (Å²) in [6.45, 7) is 2.14. The molecule has 1 aliphatic heterocycles. The highest BCUT2D eigenvalue weighted by atomic mass is 16.5. The quantitative estimate of drug-likeness (QED) is 0.646. The molecule has 4 atom stereocenters. The maximum atomic E-state index is 11.9. The molecule has 0 saturated carbocycles. The van der Waals surface area contributed by atoms with Gasteiger partial charge in [0.05, 0.1) is 17.8 Å². The van der Waals surface area contributed by atoms with E-state index in [1.165, 1.54) is 0 Å². The molecule has 120 valence electrons. The zero-order valence-corrected chi connectivity index (χ0v) is 12.6. The van der Waals surface area contributed by atoms with Crippen LogP contribution in [0.5, 0.6) is 0 Å². The van der Waals surface area contributed by atoms with E-state index in [0.717, 1.165) is 25.7 Å². The smallest absolute Gasteiger partial charge is 0.193 e. The topological polar surface area (TPSA) is 87.0 Å². The van der Waals surface area contributed by atoms with E-state index >= 15 is 0 Å². The minimum atomic E-state index is -1.03. The van der Waals surface area contributed by atoms with E-state index in [2.05, 4.69) is 6.92 Å². The fourth-order valence-corrected chi connectivity index (χ4v) is 3.09. The number of ether oxygens (including phenoxy) is 1. The lowest BCUT2D eigenvalue weighted by atomic mass is 9.85. The molecule has 3 N–H and O–H groups in total. The van der Waals surface area contributed by atoms with Crippen molar-refractivity contribution in [3.8, 4) is 0 Å². The van der Waals surface area contributed by atoms with Crippen LogP contribution in [0.2, 0.25) is 0 Å². The van der Waals surface area contributed by atoms with E-state index in [1.54, 1.807) is 0 Å². The molecule has 1 aliphatic carbocycles. The van der Waals surface area contributed by atoms with Gasteiger partial charge >= 0.3 is 0 Å². The normalized spacial score (nSPS) is 30.9. The van der Waals surface area contributed by atoms with Gasteiger partial charge in [0.2, 0.25) is 0 Å². The molecule has 0 amide bonds. The highest BCUT2D eigenvalue weighted by Crippen LogP contribution is 2.34. The summed E-state index contributed by atoms with van der Waals surface area (Å²) in [5.74, 6) is 0.0290. The number of unbranched alkanes of at least 4 members (excludes halogenated alkanes) is 3. The van der Waals surface area contributed by atoms with Gasteiger partial charge < -0.3 is 20.1 Å². The number of carbonyl (C=O) groups is 1. The predicted octanol–water partition coefficient (Wildman–Crippen LogP) is 1.45. The van der Waals surface area contributed by atoms with Gasteiger partial charge in [0, 0.05) is 12.8 Å². The highest BCUT2D eigenvalue weighted by Gasteiger charge is 2.40. The van der Waals surface area contributed by atoms with E-state index in [1.807, 2.05) is 0 Å². The van der Waals surface area contributed by atoms with Gasteiger partial charge in [0.1, 0.15) is 18.0 Å². The van der Waals surface area contributed by atoms with Gasteiger partial charge in [0.25, 0.3) is 0 Å². The molecule has 5 nitrogen and oxygen atoms in total. The van der Waals surface area contributed by atoms with Gasteiger partial charge in [0.15, 0.2) is 5.78 Å². The molecule has 0 radical (unpaired) electrons. The van der Waals surface area contributed by atoms with Crippen molar-refractivity contribution >= 4 is 5.78 Å². The van der Waals surface area contributed by atoms with Crippen LogP contribution < -0.4 is 0 Å². The van der Waals surface area contributed by atoms with E-state index in [4.69, 9.17) is 4.74 Å². The number of rotatable bonds is 6. The summed E-state index contributed by atoms with van der Waals surface area (Å²) in [6, 6.07) is 0. The number of carbonyl (C=O) groups excluding carboxylic acids is 1. The van der Waals surface area contributed by atoms with Gasteiger partial charge in [-0.2, -0.15) is 0 Å². The number of hydrogen-bond donors (Lipinski definition) is 3. The summed E-state index contributed by atoms with van der Waals surface area (Å²) in [5.41, 5.74) is 0.211. The van der Waals surface area contributed by atoms with Crippen molar-refractivity contribution < 1.29 is 24.9 Å². The van der Waals surface area contributed by atoms with Crippen molar-refractivity contribution in [3.05, 3.63) is 11.3 Å². The van der Waals surface area contributed by atoms with Crippen molar-refractivity contribution in [1.29, 1.82) is 0 Å². The predicted molar refractivity (Wildman–Crippen MR) is 77.5 cm³/mol. The third-order valence-corrected chi connectivity index (χ3v) is 4.38. The zero-order valence-electron chi connectivity index (χ0n) is 12.6. The van der Waals surface area contributed by atoms with Gasteiger partial charge in [-0.1, -0.05) is 32.6 Å². The molecule has 0 saturated heterocycles. The summed E-state index contributed by atoms with van der Waals surface area (Å²) in [5, 5.41) is 29.9. The van der Waals surface area contributed by atoms with Crippen LogP contribution in [0.15, 0.2) is 11.3 Å². The first kappa shape index (κ1) is 16.5. The summed E-state index contributed by atoms with van der Waals surface area (Å²) < 4.78 is 5.74. The van der Waals surface area contributed by atoms with Gasteiger partial charge in [-0.3, -0.25) is 4.79 Å². The van der Waals surface area contributed by atoms with E-state index in [0.29, 0.717) is 25.0 Å². The Morgan fingerprint density at radius 2 is 2.00 bits per heavy atom. The molecule has 0 bridgehead atoms. The van der Waals surface area contributed by atoms with Crippen LogP contribution in [0.3, 0.4) is 0 Å². The third kappa shape index (κ3) is 3.84. The Kier molecular flexibility index (Phi) is 5.79. The largest absolute Gasteiger partial charge is 0.491 e. The second-order valence-electron chi connectivity index (χ2n) is 6.08. The molecule has 0 unspecified atom stereocenters. The molecule has 5 heteroatoms. The minimum Gasteiger partial charge on any atom is -0.491 e. The molecule has 2 aliphatic rings.